The fourth-order valence-electron chi connectivity index (χ4n) is 14.3. The highest BCUT2D eigenvalue weighted by Gasteiger charge is 2.43. The largest absolute Gasteiger partial charge is 0.457 e. The number of anilines is 6. The third kappa shape index (κ3) is 10.2. The first-order chi connectivity index (χ1) is 48.5. The molecule has 18 rings (SSSR count). The Morgan fingerprint density at radius 3 is 1.43 bits per heavy atom. The van der Waals surface area contributed by atoms with Gasteiger partial charge in [0.15, 0.2) is 23.3 Å². The van der Waals surface area contributed by atoms with Gasteiger partial charge in [0.25, 0.3) is 6.71 Å². The molecule has 0 aliphatic carbocycles. The first-order valence-electron chi connectivity index (χ1n) is 32.9. The minimum absolute atomic E-state index is 0.0321. The lowest BCUT2D eigenvalue weighted by molar-refractivity contribution is 0.0473. The average Bonchev–Trinajstić information content (AvgIpc) is 0.879. The van der Waals surface area contributed by atoms with Gasteiger partial charge in [-0.3, -0.25) is 0 Å². The minimum Gasteiger partial charge on any atom is -0.457 e. The molecule has 0 saturated heterocycles. The lowest BCUT2D eigenvalue weighted by Crippen LogP contribution is -2.61. The summed E-state index contributed by atoms with van der Waals surface area (Å²) in [4.78, 5) is 46.1. The quantitative estimate of drug-likeness (QED) is 0.0825. The molecule has 10 nitrogen and oxygen atoms in total. The Morgan fingerprint density at radius 2 is 0.806 bits per heavy atom. The maximum absolute atomic E-state index is 14.0. The molecular weight excluding hydrogens is 1200 g/mol. The molecule has 0 bridgehead atoms. The van der Waals surface area contributed by atoms with Gasteiger partial charge in [-0.15, -0.1) is 0 Å². The molecule has 13 aromatic carbocycles. The van der Waals surface area contributed by atoms with Crippen molar-refractivity contribution in [1.82, 2.24) is 29.5 Å². The van der Waals surface area contributed by atoms with E-state index < -0.39 is 5.97 Å². The number of hydrogen-bond acceptors (Lipinski definition) is 9. The summed E-state index contributed by atoms with van der Waals surface area (Å²) < 4.78 is 8.16. The van der Waals surface area contributed by atoms with Crippen LogP contribution in [0.3, 0.4) is 0 Å². The second-order valence-corrected chi connectivity index (χ2v) is 24.6. The number of esters is 1. The molecule has 2 aliphatic rings. The van der Waals surface area contributed by atoms with Gasteiger partial charge in [0.05, 0.1) is 33.7 Å². The molecule has 0 amide bonds. The van der Waals surface area contributed by atoms with E-state index in [0.29, 0.717) is 34.4 Å². The number of hydrogen-bond donors (Lipinski definition) is 0. The monoisotopic (exact) mass is 1260 g/mol. The van der Waals surface area contributed by atoms with E-state index >= 15 is 0 Å². The van der Waals surface area contributed by atoms with Gasteiger partial charge >= 0.3 is 5.97 Å². The van der Waals surface area contributed by atoms with Gasteiger partial charge in [-0.2, -0.15) is 0 Å². The Balaban J connectivity index is 0.846. The van der Waals surface area contributed by atoms with Crippen LogP contribution in [0.25, 0.3) is 107 Å². The molecule has 0 fully saturated rings. The number of fused-ring (bicyclic) bond motifs is 7. The molecule has 0 N–H and O–H groups in total. The lowest BCUT2D eigenvalue weighted by Gasteiger charge is -2.44. The van der Waals surface area contributed by atoms with Crippen molar-refractivity contribution in [2.24, 2.45) is 0 Å². The summed E-state index contributed by atoms with van der Waals surface area (Å²) in [5.41, 5.74) is 22.9. The fourth-order valence-corrected chi connectivity index (χ4v) is 14.3. The van der Waals surface area contributed by atoms with Gasteiger partial charge in [-0.05, 0) is 136 Å². The van der Waals surface area contributed by atoms with E-state index in [1.165, 1.54) is 16.4 Å². The van der Waals surface area contributed by atoms with Crippen LogP contribution in [0.4, 0.5) is 34.1 Å². The van der Waals surface area contributed by atoms with Crippen LogP contribution in [0.1, 0.15) is 15.9 Å². The van der Waals surface area contributed by atoms with Crippen LogP contribution in [0.2, 0.25) is 0 Å². The number of carbonyl (C=O) groups is 1. The van der Waals surface area contributed by atoms with Gasteiger partial charge in [-0.25, -0.2) is 29.7 Å². The molecular formula is C87H57BN8O2. The van der Waals surface area contributed by atoms with Crippen molar-refractivity contribution in [3.05, 3.63) is 345 Å². The fraction of sp³-hybridized carbons (Fsp3) is 0.0115. The molecule has 5 heterocycles. The number of carbonyl (C=O) groups excluding carboxylic acids is 1. The van der Waals surface area contributed by atoms with E-state index in [1.54, 1.807) is 0 Å². The lowest BCUT2D eigenvalue weighted by atomic mass is 9.33. The molecule has 460 valence electrons. The van der Waals surface area contributed by atoms with Crippen LogP contribution in [-0.4, -0.2) is 42.2 Å². The van der Waals surface area contributed by atoms with Crippen LogP contribution in [-0.2, 0) is 11.3 Å². The van der Waals surface area contributed by atoms with E-state index in [2.05, 4.69) is 221 Å². The highest BCUT2D eigenvalue weighted by atomic mass is 16.5. The summed E-state index contributed by atoms with van der Waals surface area (Å²) in [7, 11) is 0. The highest BCUT2D eigenvalue weighted by molar-refractivity contribution is 7.00. The number of rotatable bonds is 13. The van der Waals surface area contributed by atoms with E-state index in [1.807, 2.05) is 127 Å². The van der Waals surface area contributed by atoms with Crippen LogP contribution < -0.4 is 26.2 Å². The summed E-state index contributed by atoms with van der Waals surface area (Å²) in [6.45, 7) is 0.125. The van der Waals surface area contributed by atoms with Crippen molar-refractivity contribution in [2.75, 3.05) is 9.80 Å². The standard InChI is InChI=1S/C87H57BN8O2/c97-87(98-56-57-26-7-1-8-27-57)64-47-49-76-69(52-64)68-40-19-22-43-75(68)96(76)77-48-46-63(84-89-73(58-28-9-2-10-29-58)55-74(90-84)59-30-11-3-12-31-59)51-70(77)86-92-83(60-32-13-4-14-33-60)91-85(93-86)62-35-25-34-61(50-62)65-53-80-82-81(54-65)95(67-38-17-6-18-39-67)79-45-24-21-42-72(79)88(82)71-41-20-23-44-78(71)94(80)66-36-15-5-16-37-66/h1-55H,56H2. The van der Waals surface area contributed by atoms with Gasteiger partial charge in [-0.1, -0.05) is 231 Å². The van der Waals surface area contributed by atoms with Gasteiger partial charge < -0.3 is 19.1 Å². The van der Waals surface area contributed by atoms with Gasteiger partial charge in [0.1, 0.15) is 6.61 Å². The van der Waals surface area contributed by atoms with Crippen LogP contribution in [0, 0.1) is 0 Å². The van der Waals surface area contributed by atoms with Gasteiger partial charge in [0.2, 0.25) is 0 Å². The van der Waals surface area contributed by atoms with E-state index in [4.69, 9.17) is 29.7 Å². The van der Waals surface area contributed by atoms with Crippen molar-refractivity contribution in [1.29, 1.82) is 0 Å². The third-order valence-corrected chi connectivity index (χ3v) is 18.8. The van der Waals surface area contributed by atoms with Crippen LogP contribution >= 0.6 is 0 Å². The summed E-state index contributed by atoms with van der Waals surface area (Å²) in [6.07, 6.45) is 0. The predicted molar refractivity (Wildman–Crippen MR) is 397 cm³/mol. The molecule has 16 aromatic rings. The Bertz CT molecular complexity index is 5570. The average molecular weight is 1260 g/mol. The van der Waals surface area contributed by atoms with E-state index in [0.717, 1.165) is 118 Å². The summed E-state index contributed by atoms with van der Waals surface area (Å²) in [5, 5.41) is 1.84. The SMILES string of the molecule is O=C(OCc1ccccc1)c1ccc2c(c1)c1ccccc1n2-c1ccc(-c2nc(-c3ccccc3)cc(-c3ccccc3)n2)cc1-c1nc(-c2ccccc2)nc(-c2cccc(-c3cc4c5c(c3)N(c3ccccc3)c3ccccc3B5c3ccccc3N4c3ccccc3)c2)n1. The van der Waals surface area contributed by atoms with Crippen LogP contribution in [0.5, 0.6) is 0 Å². The summed E-state index contributed by atoms with van der Waals surface area (Å²) in [5.74, 6) is 1.55. The molecule has 0 unspecified atom stereocenters. The zero-order valence-corrected chi connectivity index (χ0v) is 52.9. The molecule has 0 spiro atoms. The van der Waals surface area contributed by atoms with E-state index in [-0.39, 0.29) is 13.3 Å². The third-order valence-electron chi connectivity index (χ3n) is 18.8. The highest BCUT2D eigenvalue weighted by Crippen LogP contribution is 2.47. The topological polar surface area (TPSA) is 102 Å². The molecule has 0 atom stereocenters. The molecule has 0 radical (unpaired) electrons. The normalized spacial score (nSPS) is 12.1. The zero-order valence-electron chi connectivity index (χ0n) is 52.9. The summed E-state index contributed by atoms with van der Waals surface area (Å²) >= 11 is 0. The first-order valence-corrected chi connectivity index (χ1v) is 32.9. The van der Waals surface area contributed by atoms with Crippen molar-refractivity contribution in [3.63, 3.8) is 0 Å². The van der Waals surface area contributed by atoms with Crippen molar-refractivity contribution in [3.8, 4) is 84.9 Å². The molecule has 2 aliphatic heterocycles. The molecule has 11 heteroatoms. The Kier molecular flexibility index (Phi) is 14.3. The number of ether oxygens (including phenoxy) is 1. The smallest absolute Gasteiger partial charge is 0.338 e. The van der Waals surface area contributed by atoms with Crippen molar-refractivity contribution in [2.45, 2.75) is 6.61 Å². The number of benzene rings is 13. The second-order valence-electron chi connectivity index (χ2n) is 24.6. The Morgan fingerprint density at radius 1 is 0.327 bits per heavy atom. The Labute approximate surface area is 566 Å². The van der Waals surface area contributed by atoms with Crippen molar-refractivity contribution >= 4 is 85.0 Å². The van der Waals surface area contributed by atoms with Gasteiger partial charge in [0, 0.05) is 78.3 Å². The maximum Gasteiger partial charge on any atom is 0.338 e. The number of nitrogens with zero attached hydrogens (tertiary/aromatic N) is 8. The van der Waals surface area contributed by atoms with Crippen molar-refractivity contribution < 1.29 is 9.53 Å². The van der Waals surface area contributed by atoms with E-state index in [9.17, 15) is 4.79 Å². The maximum atomic E-state index is 14.0. The molecule has 98 heavy (non-hydrogen) atoms. The summed E-state index contributed by atoms with van der Waals surface area (Å²) in [6, 6.07) is 115. The minimum atomic E-state index is -0.407. The van der Waals surface area contributed by atoms with Crippen LogP contribution in [0.15, 0.2) is 334 Å². The second kappa shape index (κ2) is 24.3. The zero-order chi connectivity index (χ0) is 65.0. The number of para-hydroxylation sites is 5. The predicted octanol–water partition coefficient (Wildman–Crippen LogP) is 18.9. The molecule has 0 saturated carbocycles. The number of aromatic nitrogens is 6. The first kappa shape index (κ1) is 57.5. The Hall–Kier alpha value is -13.1. The molecule has 3 aromatic heterocycles.